The standard InChI is InChI=1S/C19H22N6OS/c1-2-3-17-21-19(27-22-17)24-10-14-8-23(9-15(14)11-24)18(26)13-4-5-16-6-20-12-25(16)7-13/h4-7,12,14-15H,2-3,8-11H2,1H3/t14-,15+. The second-order valence-corrected chi connectivity index (χ2v) is 8.25. The van der Waals surface area contributed by atoms with Crippen molar-refractivity contribution >= 4 is 28.1 Å². The van der Waals surface area contributed by atoms with Crippen molar-refractivity contribution in [3.05, 3.63) is 42.2 Å². The number of likely N-dealkylation sites (tertiary alicyclic amines) is 1. The smallest absolute Gasteiger partial charge is 0.255 e. The molecule has 7 nitrogen and oxygen atoms in total. The minimum atomic E-state index is 0.118. The molecule has 140 valence electrons. The third-order valence-electron chi connectivity index (χ3n) is 5.63. The number of pyridine rings is 1. The SMILES string of the molecule is CCCc1nsc(N2C[C@H]3CN(C(=O)c4ccc5cncn5c4)C[C@H]3C2)n1. The number of nitrogens with zero attached hydrogens (tertiary/aromatic N) is 6. The summed E-state index contributed by atoms with van der Waals surface area (Å²) in [5.74, 6) is 2.11. The van der Waals surface area contributed by atoms with Crippen molar-refractivity contribution in [2.45, 2.75) is 19.8 Å². The molecule has 3 aromatic heterocycles. The van der Waals surface area contributed by atoms with Crippen molar-refractivity contribution in [3.8, 4) is 0 Å². The van der Waals surface area contributed by atoms with Crippen LogP contribution >= 0.6 is 11.5 Å². The first-order valence-corrected chi connectivity index (χ1v) is 10.3. The Hall–Kier alpha value is -2.48. The van der Waals surface area contributed by atoms with Crippen molar-refractivity contribution < 1.29 is 4.79 Å². The van der Waals surface area contributed by atoms with Gasteiger partial charge in [-0.1, -0.05) is 6.92 Å². The molecule has 2 fully saturated rings. The first kappa shape index (κ1) is 16.7. The van der Waals surface area contributed by atoms with Crippen LogP contribution in [0, 0.1) is 11.8 Å². The van der Waals surface area contributed by atoms with Gasteiger partial charge in [-0.3, -0.25) is 4.79 Å². The molecule has 0 saturated carbocycles. The Morgan fingerprint density at radius 1 is 1.22 bits per heavy atom. The summed E-state index contributed by atoms with van der Waals surface area (Å²) in [5.41, 5.74) is 1.73. The van der Waals surface area contributed by atoms with Crippen LogP contribution in [0.2, 0.25) is 0 Å². The average Bonchev–Trinajstić information content (AvgIpc) is 3.42. The first-order valence-electron chi connectivity index (χ1n) is 9.50. The fourth-order valence-electron chi connectivity index (χ4n) is 4.24. The second-order valence-electron chi connectivity index (χ2n) is 7.52. The molecule has 0 bridgehead atoms. The fourth-order valence-corrected chi connectivity index (χ4v) is 4.97. The molecule has 2 aliphatic rings. The van der Waals surface area contributed by atoms with Gasteiger partial charge in [0.2, 0.25) is 5.13 Å². The van der Waals surface area contributed by atoms with Gasteiger partial charge in [-0.2, -0.15) is 4.37 Å². The van der Waals surface area contributed by atoms with Crippen LogP contribution in [0.5, 0.6) is 0 Å². The molecule has 1 amide bonds. The van der Waals surface area contributed by atoms with E-state index >= 15 is 0 Å². The third-order valence-corrected chi connectivity index (χ3v) is 6.44. The minimum Gasteiger partial charge on any atom is -0.346 e. The van der Waals surface area contributed by atoms with Gasteiger partial charge < -0.3 is 14.2 Å². The van der Waals surface area contributed by atoms with E-state index in [-0.39, 0.29) is 5.91 Å². The van der Waals surface area contributed by atoms with E-state index in [2.05, 4.69) is 26.2 Å². The number of hydrogen-bond donors (Lipinski definition) is 0. The van der Waals surface area contributed by atoms with Crippen LogP contribution in [0.25, 0.3) is 5.52 Å². The van der Waals surface area contributed by atoms with Gasteiger partial charge in [0, 0.05) is 62.2 Å². The molecule has 0 radical (unpaired) electrons. The van der Waals surface area contributed by atoms with Gasteiger partial charge in [0.15, 0.2) is 0 Å². The maximum absolute atomic E-state index is 12.9. The normalized spacial score (nSPS) is 22.0. The summed E-state index contributed by atoms with van der Waals surface area (Å²) in [6.07, 6.45) is 7.42. The Bertz CT molecular complexity index is 967. The van der Waals surface area contributed by atoms with Gasteiger partial charge in [0.05, 0.1) is 23.6 Å². The quantitative estimate of drug-likeness (QED) is 0.693. The third kappa shape index (κ3) is 2.97. The fraction of sp³-hybridized carbons (Fsp3) is 0.474. The highest BCUT2D eigenvalue weighted by Crippen LogP contribution is 2.35. The van der Waals surface area contributed by atoms with Crippen LogP contribution in [-0.2, 0) is 6.42 Å². The van der Waals surface area contributed by atoms with Crippen molar-refractivity contribution in [2.24, 2.45) is 11.8 Å². The number of carbonyl (C=O) groups excluding carboxylic acids is 1. The Balaban J connectivity index is 1.25. The molecule has 5 rings (SSSR count). The zero-order chi connectivity index (χ0) is 18.4. The summed E-state index contributed by atoms with van der Waals surface area (Å²) >= 11 is 1.51. The number of fused-ring (bicyclic) bond motifs is 2. The predicted octanol–water partition coefficient (Wildman–Crippen LogP) is 2.35. The number of amides is 1. The summed E-state index contributed by atoms with van der Waals surface area (Å²) in [4.78, 5) is 26.1. The van der Waals surface area contributed by atoms with E-state index in [1.807, 2.05) is 27.6 Å². The molecule has 27 heavy (non-hydrogen) atoms. The summed E-state index contributed by atoms with van der Waals surface area (Å²) in [7, 11) is 0. The van der Waals surface area contributed by atoms with E-state index in [4.69, 9.17) is 0 Å². The molecule has 2 aliphatic heterocycles. The topological polar surface area (TPSA) is 66.6 Å². The monoisotopic (exact) mass is 382 g/mol. The highest BCUT2D eigenvalue weighted by molar-refractivity contribution is 7.09. The number of aromatic nitrogens is 4. The molecular formula is C19H22N6OS. The van der Waals surface area contributed by atoms with Crippen LogP contribution in [-0.4, -0.2) is 55.7 Å². The molecule has 8 heteroatoms. The predicted molar refractivity (Wildman–Crippen MR) is 104 cm³/mol. The Kier molecular flexibility index (Phi) is 4.07. The van der Waals surface area contributed by atoms with Crippen molar-refractivity contribution in [2.75, 3.05) is 31.1 Å². The largest absolute Gasteiger partial charge is 0.346 e. The number of carbonyl (C=O) groups is 1. The number of hydrogen-bond acceptors (Lipinski definition) is 6. The van der Waals surface area contributed by atoms with Crippen molar-refractivity contribution in [1.29, 1.82) is 0 Å². The zero-order valence-corrected chi connectivity index (χ0v) is 16.1. The highest BCUT2D eigenvalue weighted by atomic mass is 32.1. The Morgan fingerprint density at radius 2 is 2.04 bits per heavy atom. The molecule has 2 saturated heterocycles. The van der Waals surface area contributed by atoms with Gasteiger partial charge in [-0.25, -0.2) is 9.97 Å². The number of aryl methyl sites for hydroxylation is 1. The lowest BCUT2D eigenvalue weighted by molar-refractivity contribution is 0.0782. The number of anilines is 1. The number of rotatable bonds is 4. The maximum atomic E-state index is 12.9. The molecular weight excluding hydrogens is 360 g/mol. The molecule has 0 N–H and O–H groups in total. The van der Waals surface area contributed by atoms with Gasteiger partial charge in [-0.15, -0.1) is 0 Å². The minimum absolute atomic E-state index is 0.118. The molecule has 3 aromatic rings. The van der Waals surface area contributed by atoms with Crippen molar-refractivity contribution in [3.63, 3.8) is 0 Å². The Morgan fingerprint density at radius 3 is 2.81 bits per heavy atom. The summed E-state index contributed by atoms with van der Waals surface area (Å²) < 4.78 is 6.36. The average molecular weight is 382 g/mol. The van der Waals surface area contributed by atoms with Crippen LogP contribution in [0.3, 0.4) is 0 Å². The van der Waals surface area contributed by atoms with Crippen LogP contribution in [0.1, 0.15) is 29.5 Å². The maximum Gasteiger partial charge on any atom is 0.255 e. The molecule has 0 aromatic carbocycles. The lowest BCUT2D eigenvalue weighted by Crippen LogP contribution is -2.33. The van der Waals surface area contributed by atoms with Gasteiger partial charge in [0.1, 0.15) is 5.82 Å². The Labute approximate surface area is 161 Å². The lowest BCUT2D eigenvalue weighted by Gasteiger charge is -2.21. The van der Waals surface area contributed by atoms with E-state index in [1.165, 1.54) is 11.5 Å². The van der Waals surface area contributed by atoms with Gasteiger partial charge in [-0.05, 0) is 18.6 Å². The molecule has 0 spiro atoms. The number of imidazole rings is 1. The summed E-state index contributed by atoms with van der Waals surface area (Å²) in [6, 6.07) is 3.85. The molecule has 5 heterocycles. The van der Waals surface area contributed by atoms with Crippen LogP contribution in [0.15, 0.2) is 30.9 Å². The van der Waals surface area contributed by atoms with E-state index in [9.17, 15) is 4.79 Å². The van der Waals surface area contributed by atoms with Crippen LogP contribution < -0.4 is 4.90 Å². The van der Waals surface area contributed by atoms with Gasteiger partial charge in [0.25, 0.3) is 5.91 Å². The highest BCUT2D eigenvalue weighted by Gasteiger charge is 2.42. The second kappa shape index (κ2) is 6.60. The van der Waals surface area contributed by atoms with Crippen LogP contribution in [0.4, 0.5) is 5.13 Å². The molecule has 0 aliphatic carbocycles. The first-order chi connectivity index (χ1) is 13.2. The van der Waals surface area contributed by atoms with E-state index in [0.717, 1.165) is 61.1 Å². The lowest BCUT2D eigenvalue weighted by atomic mass is 10.0. The zero-order valence-electron chi connectivity index (χ0n) is 15.3. The molecule has 2 atom stereocenters. The summed E-state index contributed by atoms with van der Waals surface area (Å²) in [6.45, 7) is 5.73. The van der Waals surface area contributed by atoms with Gasteiger partial charge >= 0.3 is 0 Å². The molecule has 0 unspecified atom stereocenters. The van der Waals surface area contributed by atoms with E-state index in [1.54, 1.807) is 12.5 Å². The van der Waals surface area contributed by atoms with Crippen molar-refractivity contribution in [1.82, 2.24) is 23.6 Å². The summed E-state index contributed by atoms with van der Waals surface area (Å²) in [5, 5.41) is 1.04. The van der Waals surface area contributed by atoms with E-state index < -0.39 is 0 Å². The van der Waals surface area contributed by atoms with E-state index in [0.29, 0.717) is 11.8 Å².